The van der Waals surface area contributed by atoms with Gasteiger partial charge in [0.05, 0.1) is 0 Å². The van der Waals surface area contributed by atoms with E-state index in [2.05, 4.69) is 53.9 Å². The summed E-state index contributed by atoms with van der Waals surface area (Å²) in [4.78, 5) is 0. The van der Waals surface area contributed by atoms with Crippen molar-refractivity contribution >= 4 is 0 Å². The van der Waals surface area contributed by atoms with E-state index < -0.39 is 0 Å². The molecule has 18 heavy (non-hydrogen) atoms. The molecule has 0 spiro atoms. The molecule has 0 saturated heterocycles. The monoisotopic (exact) mass is 246 g/mol. The molecule has 0 fully saturated rings. The van der Waals surface area contributed by atoms with E-state index in [0.717, 1.165) is 23.8 Å². The molecule has 0 bridgehead atoms. The van der Waals surface area contributed by atoms with Crippen LogP contribution in [0.3, 0.4) is 0 Å². The molecule has 0 nitrogen and oxygen atoms in total. The van der Waals surface area contributed by atoms with E-state index >= 15 is 0 Å². The van der Waals surface area contributed by atoms with Gasteiger partial charge in [-0.05, 0) is 48.8 Å². The van der Waals surface area contributed by atoms with E-state index in [4.69, 9.17) is 0 Å². The van der Waals surface area contributed by atoms with Gasteiger partial charge in [0, 0.05) is 0 Å². The molecular formula is C18H30. The second-order valence-electron chi connectivity index (χ2n) is 5.48. The molecule has 0 heteroatoms. The zero-order valence-electron chi connectivity index (χ0n) is 12.9. The summed E-state index contributed by atoms with van der Waals surface area (Å²) >= 11 is 0. The molecule has 0 aromatic heterocycles. The largest absolute Gasteiger partial charge is 0.0991 e. The van der Waals surface area contributed by atoms with E-state index in [9.17, 15) is 0 Å². The molecule has 0 N–H and O–H groups in total. The van der Waals surface area contributed by atoms with Gasteiger partial charge in [-0.3, -0.25) is 0 Å². The molecule has 0 aromatic carbocycles. The van der Waals surface area contributed by atoms with Crippen molar-refractivity contribution in [2.24, 2.45) is 11.8 Å². The third kappa shape index (κ3) is 6.05. The minimum absolute atomic E-state index is 0.757. The molecule has 0 radical (unpaired) electrons. The minimum Gasteiger partial charge on any atom is -0.0991 e. The van der Waals surface area contributed by atoms with Crippen LogP contribution in [0, 0.1) is 11.8 Å². The third-order valence-corrected chi connectivity index (χ3v) is 3.65. The van der Waals surface area contributed by atoms with Crippen LogP contribution in [0.1, 0.15) is 53.9 Å². The van der Waals surface area contributed by atoms with Crippen molar-refractivity contribution in [3.63, 3.8) is 0 Å². The Morgan fingerprint density at radius 2 is 1.78 bits per heavy atom. The minimum atomic E-state index is 0.757. The van der Waals surface area contributed by atoms with Gasteiger partial charge in [0.2, 0.25) is 0 Å². The summed E-state index contributed by atoms with van der Waals surface area (Å²) < 4.78 is 0. The first-order valence-electron chi connectivity index (χ1n) is 7.09. The molecule has 102 valence electrons. The Bertz CT molecular complexity index is 326. The Morgan fingerprint density at radius 1 is 1.17 bits per heavy atom. The predicted octanol–water partition coefficient (Wildman–Crippen LogP) is 6.08. The first-order chi connectivity index (χ1) is 8.43. The van der Waals surface area contributed by atoms with Crippen LogP contribution in [-0.4, -0.2) is 0 Å². The molecular weight excluding hydrogens is 216 g/mol. The van der Waals surface area contributed by atoms with Crippen LogP contribution in [0.2, 0.25) is 0 Å². The van der Waals surface area contributed by atoms with Gasteiger partial charge in [-0.15, -0.1) is 0 Å². The smallest absolute Gasteiger partial charge is 0.0273 e. The molecule has 0 aliphatic heterocycles. The van der Waals surface area contributed by atoms with Crippen molar-refractivity contribution in [3.8, 4) is 0 Å². The lowest BCUT2D eigenvalue weighted by Gasteiger charge is -2.19. The molecule has 0 aromatic rings. The average Bonchev–Trinajstić information content (AvgIpc) is 2.32. The predicted molar refractivity (Wildman–Crippen MR) is 84.7 cm³/mol. The van der Waals surface area contributed by atoms with Crippen LogP contribution in [0.4, 0.5) is 0 Å². The fourth-order valence-corrected chi connectivity index (χ4v) is 2.13. The topological polar surface area (TPSA) is 0 Å². The van der Waals surface area contributed by atoms with Gasteiger partial charge in [-0.25, -0.2) is 0 Å². The molecule has 0 rings (SSSR count). The Hall–Kier alpha value is -1.04. The van der Waals surface area contributed by atoms with Crippen molar-refractivity contribution in [2.75, 3.05) is 0 Å². The van der Waals surface area contributed by atoms with Crippen LogP contribution in [0.15, 0.2) is 48.1 Å². The molecule has 0 aliphatic rings. The highest BCUT2D eigenvalue weighted by Gasteiger charge is 2.11. The second-order valence-corrected chi connectivity index (χ2v) is 5.48. The SMILES string of the molecule is C=C/C=C(/C)C(=C)C(C)=CCC(CCC)C(C)C. The van der Waals surface area contributed by atoms with Crippen molar-refractivity contribution in [2.45, 2.75) is 53.9 Å². The Labute approximate surface area is 114 Å². The lowest BCUT2D eigenvalue weighted by Crippen LogP contribution is -2.07. The maximum absolute atomic E-state index is 4.16. The normalized spacial score (nSPS) is 14.8. The Morgan fingerprint density at radius 3 is 2.22 bits per heavy atom. The van der Waals surface area contributed by atoms with Crippen LogP contribution in [-0.2, 0) is 0 Å². The lowest BCUT2D eigenvalue weighted by molar-refractivity contribution is 0.359. The molecule has 0 heterocycles. The van der Waals surface area contributed by atoms with Crippen molar-refractivity contribution in [3.05, 3.63) is 48.1 Å². The highest BCUT2D eigenvalue weighted by Crippen LogP contribution is 2.24. The van der Waals surface area contributed by atoms with Crippen LogP contribution >= 0.6 is 0 Å². The Balaban J connectivity index is 4.62. The fraction of sp³-hybridized carbons (Fsp3) is 0.556. The maximum Gasteiger partial charge on any atom is -0.0273 e. The van der Waals surface area contributed by atoms with Crippen LogP contribution in [0.5, 0.6) is 0 Å². The molecule has 1 unspecified atom stereocenters. The van der Waals surface area contributed by atoms with Crippen LogP contribution in [0.25, 0.3) is 0 Å². The van der Waals surface area contributed by atoms with Crippen LogP contribution < -0.4 is 0 Å². The molecule has 1 atom stereocenters. The number of allylic oxidation sites excluding steroid dienone is 6. The molecule has 0 amide bonds. The summed E-state index contributed by atoms with van der Waals surface area (Å²) in [6.07, 6.45) is 9.94. The van der Waals surface area contributed by atoms with Crippen molar-refractivity contribution in [1.29, 1.82) is 0 Å². The number of rotatable bonds is 8. The Kier molecular flexibility index (Phi) is 8.45. The summed E-state index contributed by atoms with van der Waals surface area (Å²) in [6, 6.07) is 0. The summed E-state index contributed by atoms with van der Waals surface area (Å²) in [7, 11) is 0. The van der Waals surface area contributed by atoms with E-state index in [-0.39, 0.29) is 0 Å². The van der Waals surface area contributed by atoms with Gasteiger partial charge in [0.25, 0.3) is 0 Å². The van der Waals surface area contributed by atoms with Crippen molar-refractivity contribution < 1.29 is 0 Å². The lowest BCUT2D eigenvalue weighted by atomic mass is 9.87. The van der Waals surface area contributed by atoms with Gasteiger partial charge in [0.1, 0.15) is 0 Å². The summed E-state index contributed by atoms with van der Waals surface area (Å²) in [6.45, 7) is 19.0. The summed E-state index contributed by atoms with van der Waals surface area (Å²) in [5.74, 6) is 1.55. The number of hydrogen-bond donors (Lipinski definition) is 0. The zero-order valence-corrected chi connectivity index (χ0v) is 12.9. The quantitative estimate of drug-likeness (QED) is 0.455. The summed E-state index contributed by atoms with van der Waals surface area (Å²) in [5, 5.41) is 0. The second kappa shape index (κ2) is 8.97. The average molecular weight is 246 g/mol. The van der Waals surface area contributed by atoms with Gasteiger partial charge in [-0.1, -0.05) is 65.0 Å². The van der Waals surface area contributed by atoms with E-state index in [1.165, 1.54) is 24.0 Å². The van der Waals surface area contributed by atoms with Gasteiger partial charge in [-0.2, -0.15) is 0 Å². The van der Waals surface area contributed by atoms with E-state index in [1.54, 1.807) is 0 Å². The number of hydrogen-bond acceptors (Lipinski definition) is 0. The first-order valence-corrected chi connectivity index (χ1v) is 7.09. The van der Waals surface area contributed by atoms with E-state index in [1.807, 2.05) is 12.2 Å². The fourth-order valence-electron chi connectivity index (χ4n) is 2.13. The maximum atomic E-state index is 4.16. The zero-order chi connectivity index (χ0) is 14.1. The molecule has 0 saturated carbocycles. The summed E-state index contributed by atoms with van der Waals surface area (Å²) in [5.41, 5.74) is 3.64. The first kappa shape index (κ1) is 17.0. The highest BCUT2D eigenvalue weighted by atomic mass is 14.2. The van der Waals surface area contributed by atoms with Gasteiger partial charge < -0.3 is 0 Å². The van der Waals surface area contributed by atoms with Gasteiger partial charge >= 0.3 is 0 Å². The highest BCUT2D eigenvalue weighted by molar-refractivity contribution is 5.43. The standard InChI is InChI=1S/C18H30/c1-8-10-15(5)17(7)16(6)12-13-18(11-9-2)14(3)4/h8,10,12,14,18H,1,7,9,11,13H2,2-6H3/b15-10-,16-12?. The third-order valence-electron chi connectivity index (χ3n) is 3.65. The molecule has 0 aliphatic carbocycles. The van der Waals surface area contributed by atoms with E-state index in [0.29, 0.717) is 0 Å². The van der Waals surface area contributed by atoms with Gasteiger partial charge in [0.15, 0.2) is 0 Å². The van der Waals surface area contributed by atoms with Crippen molar-refractivity contribution in [1.82, 2.24) is 0 Å².